The highest BCUT2D eigenvalue weighted by atomic mass is 32.2. The van der Waals surface area contributed by atoms with Gasteiger partial charge in [-0.25, -0.2) is 22.5 Å². The first-order chi connectivity index (χ1) is 16.6. The van der Waals surface area contributed by atoms with Crippen molar-refractivity contribution in [2.45, 2.75) is 69.9 Å². The van der Waals surface area contributed by atoms with E-state index in [-0.39, 0.29) is 40.0 Å². The number of carbonyl (C=O) groups excluding carboxylic acids is 1. The molecule has 4 rings (SSSR count). The van der Waals surface area contributed by atoms with Gasteiger partial charge >= 0.3 is 0 Å². The first-order valence-corrected chi connectivity index (χ1v) is 14.3. The summed E-state index contributed by atoms with van der Waals surface area (Å²) in [6, 6.07) is 6.43. The van der Waals surface area contributed by atoms with Crippen LogP contribution in [-0.2, 0) is 14.8 Å². The topological polar surface area (TPSA) is 88.2 Å². The molecule has 9 heteroatoms. The lowest BCUT2D eigenvalue weighted by Crippen LogP contribution is -2.47. The van der Waals surface area contributed by atoms with Crippen molar-refractivity contribution < 1.29 is 17.6 Å². The molecule has 0 saturated heterocycles. The molecule has 2 atom stereocenters. The van der Waals surface area contributed by atoms with Crippen LogP contribution in [0.15, 0.2) is 58.6 Å². The second kappa shape index (κ2) is 10.3. The van der Waals surface area contributed by atoms with Crippen LogP contribution in [0.5, 0.6) is 0 Å². The van der Waals surface area contributed by atoms with Crippen molar-refractivity contribution >= 4 is 27.3 Å². The van der Waals surface area contributed by atoms with E-state index in [9.17, 15) is 17.6 Å². The molecule has 1 unspecified atom stereocenters. The molecule has 1 aromatic heterocycles. The van der Waals surface area contributed by atoms with E-state index in [2.05, 4.69) is 15.0 Å². The van der Waals surface area contributed by atoms with Crippen LogP contribution < -0.4 is 10.0 Å². The number of sulfonamides is 1. The normalized spacial score (nSPS) is 25.7. The van der Waals surface area contributed by atoms with Crippen molar-refractivity contribution in [3.8, 4) is 11.3 Å². The molecule has 0 radical (unpaired) electrons. The zero-order chi connectivity index (χ0) is 25.2. The Morgan fingerprint density at radius 3 is 2.46 bits per heavy atom. The predicted molar refractivity (Wildman–Crippen MR) is 137 cm³/mol. The third-order valence-electron chi connectivity index (χ3n) is 7.21. The van der Waals surface area contributed by atoms with Gasteiger partial charge in [-0.05, 0) is 70.2 Å². The molecule has 0 bridgehead atoms. The molecule has 2 aliphatic rings. The first kappa shape index (κ1) is 25.7. The van der Waals surface area contributed by atoms with Gasteiger partial charge in [0.2, 0.25) is 15.9 Å². The van der Waals surface area contributed by atoms with Gasteiger partial charge in [0.15, 0.2) is 0 Å². The van der Waals surface area contributed by atoms with E-state index < -0.39 is 10.0 Å². The molecule has 1 fully saturated rings. The Morgan fingerprint density at radius 2 is 1.89 bits per heavy atom. The molecular weight excluding hydrogens is 485 g/mol. The van der Waals surface area contributed by atoms with Crippen molar-refractivity contribution in [2.75, 3.05) is 0 Å². The minimum Gasteiger partial charge on any atom is -0.353 e. The highest BCUT2D eigenvalue weighted by Crippen LogP contribution is 2.34. The highest BCUT2D eigenvalue weighted by Gasteiger charge is 2.34. The molecule has 35 heavy (non-hydrogen) atoms. The average Bonchev–Trinajstić information content (AvgIpc) is 3.27. The lowest BCUT2D eigenvalue weighted by molar-refractivity contribution is -0.127. The summed E-state index contributed by atoms with van der Waals surface area (Å²) in [5.41, 5.74) is 1.40. The number of aromatic nitrogens is 1. The van der Waals surface area contributed by atoms with Gasteiger partial charge in [-0.15, -0.1) is 11.3 Å². The molecule has 2 N–H and O–H groups in total. The number of nitrogens with one attached hydrogen (secondary N) is 2. The number of rotatable bonds is 7. The Morgan fingerprint density at radius 1 is 1.20 bits per heavy atom. The van der Waals surface area contributed by atoms with E-state index in [4.69, 9.17) is 0 Å². The van der Waals surface area contributed by atoms with Crippen LogP contribution in [0.4, 0.5) is 4.39 Å². The third-order valence-corrected chi connectivity index (χ3v) is 9.52. The van der Waals surface area contributed by atoms with Crippen LogP contribution >= 0.6 is 11.3 Å². The minimum absolute atomic E-state index is 0.0173. The fraction of sp³-hybridized carbons (Fsp3) is 0.462. The van der Waals surface area contributed by atoms with E-state index in [1.807, 2.05) is 32.2 Å². The average molecular weight is 518 g/mol. The highest BCUT2D eigenvalue weighted by molar-refractivity contribution is 7.89. The number of hydrogen-bond donors (Lipinski definition) is 2. The third kappa shape index (κ3) is 6.08. The molecule has 188 valence electrons. The number of halogens is 1. The molecule has 2 aliphatic carbocycles. The van der Waals surface area contributed by atoms with Gasteiger partial charge in [0, 0.05) is 34.4 Å². The van der Waals surface area contributed by atoms with E-state index in [0.717, 1.165) is 16.3 Å². The van der Waals surface area contributed by atoms with Gasteiger partial charge in [-0.3, -0.25) is 4.79 Å². The first-order valence-electron chi connectivity index (χ1n) is 12.0. The van der Waals surface area contributed by atoms with Crippen LogP contribution in [0.2, 0.25) is 0 Å². The maximum atomic E-state index is 13.3. The zero-order valence-electron chi connectivity index (χ0n) is 20.3. The van der Waals surface area contributed by atoms with E-state index >= 15 is 0 Å². The van der Waals surface area contributed by atoms with Crippen LogP contribution in [0.3, 0.4) is 0 Å². The summed E-state index contributed by atoms with van der Waals surface area (Å²) >= 11 is 1.56. The molecule has 1 heterocycles. The summed E-state index contributed by atoms with van der Waals surface area (Å²) in [6.07, 6.45) is 7.81. The van der Waals surface area contributed by atoms with Gasteiger partial charge in [-0.1, -0.05) is 25.1 Å². The number of nitrogens with zero attached hydrogens (tertiary/aromatic N) is 1. The van der Waals surface area contributed by atoms with Crippen LogP contribution in [0, 0.1) is 18.3 Å². The molecule has 1 aromatic carbocycles. The van der Waals surface area contributed by atoms with Crippen LogP contribution in [-0.4, -0.2) is 31.4 Å². The lowest BCUT2D eigenvalue weighted by Gasteiger charge is -2.36. The van der Waals surface area contributed by atoms with E-state index in [0.29, 0.717) is 32.1 Å². The van der Waals surface area contributed by atoms with Crippen LogP contribution in [0.25, 0.3) is 11.3 Å². The monoisotopic (exact) mass is 517 g/mol. The van der Waals surface area contributed by atoms with Crippen molar-refractivity contribution in [3.05, 3.63) is 58.7 Å². The Hall–Kier alpha value is -2.36. The number of allylic oxidation sites excluding steroid dienone is 3. The Labute approximate surface area is 210 Å². The van der Waals surface area contributed by atoms with Crippen LogP contribution in [0.1, 0.15) is 51.0 Å². The Kier molecular flexibility index (Phi) is 7.59. The Balaban J connectivity index is 1.29. The lowest BCUT2D eigenvalue weighted by atomic mass is 9.77. The van der Waals surface area contributed by atoms with Gasteiger partial charge in [0.25, 0.3) is 0 Å². The summed E-state index contributed by atoms with van der Waals surface area (Å²) in [4.78, 5) is 17.5. The summed E-state index contributed by atoms with van der Waals surface area (Å²) in [7, 11) is -3.65. The summed E-state index contributed by atoms with van der Waals surface area (Å²) in [5.74, 6) is -0.411. The van der Waals surface area contributed by atoms with Gasteiger partial charge in [-0.2, -0.15) is 0 Å². The molecule has 2 aromatic rings. The summed E-state index contributed by atoms with van der Waals surface area (Å²) in [5, 5.41) is 6.02. The second-order valence-electron chi connectivity index (χ2n) is 9.81. The number of amides is 1. The van der Waals surface area contributed by atoms with Crippen molar-refractivity contribution in [2.24, 2.45) is 11.3 Å². The second-order valence-corrected chi connectivity index (χ2v) is 12.6. The molecule has 0 spiro atoms. The minimum atomic E-state index is -3.65. The van der Waals surface area contributed by atoms with Crippen molar-refractivity contribution in [3.63, 3.8) is 0 Å². The zero-order valence-corrected chi connectivity index (χ0v) is 21.9. The SMILES string of the molecule is Cc1nc(-c2ccc(S(=O)(=O)NC3CCC(C(=O)N[C@H](C)C4(C)C=CC(F)=CC4)CC3)cc2)cs1. The summed E-state index contributed by atoms with van der Waals surface area (Å²) < 4.78 is 42.0. The molecule has 1 saturated carbocycles. The standard InChI is InChI=1S/C26H32FN3O3S2/c1-17(26(3)14-12-21(27)13-15-26)28-25(31)20-4-8-22(9-5-20)30-35(32,33)23-10-6-19(7-11-23)24-16-34-18(2)29-24/h6-7,10-14,16-17,20,22,30H,4-5,8-9,15H2,1-3H3,(H,28,31)/t17-,20?,22?,26?/m1/s1. The molecule has 0 aliphatic heterocycles. The predicted octanol–water partition coefficient (Wildman–Crippen LogP) is 5.28. The fourth-order valence-corrected chi connectivity index (χ4v) is 6.53. The van der Waals surface area contributed by atoms with Gasteiger partial charge < -0.3 is 5.32 Å². The number of benzene rings is 1. The number of hydrogen-bond acceptors (Lipinski definition) is 5. The van der Waals surface area contributed by atoms with Gasteiger partial charge in [0.1, 0.15) is 5.83 Å². The smallest absolute Gasteiger partial charge is 0.240 e. The number of carbonyl (C=O) groups is 1. The number of thiazole rings is 1. The fourth-order valence-electron chi connectivity index (χ4n) is 4.60. The Bertz CT molecular complexity index is 1230. The molecule has 1 amide bonds. The number of aryl methyl sites for hydroxylation is 1. The maximum absolute atomic E-state index is 13.3. The molecular formula is C26H32FN3O3S2. The maximum Gasteiger partial charge on any atom is 0.240 e. The van der Waals surface area contributed by atoms with Crippen molar-refractivity contribution in [1.82, 2.24) is 15.0 Å². The summed E-state index contributed by atoms with van der Waals surface area (Å²) in [6.45, 7) is 5.89. The molecule has 6 nitrogen and oxygen atoms in total. The largest absolute Gasteiger partial charge is 0.353 e. The van der Waals surface area contributed by atoms with Gasteiger partial charge in [0.05, 0.1) is 15.6 Å². The van der Waals surface area contributed by atoms with E-state index in [1.165, 1.54) is 6.08 Å². The quantitative estimate of drug-likeness (QED) is 0.523. The van der Waals surface area contributed by atoms with E-state index in [1.54, 1.807) is 41.7 Å². The van der Waals surface area contributed by atoms with Crippen molar-refractivity contribution in [1.29, 1.82) is 0 Å².